The number of rotatable bonds is 11. The Morgan fingerprint density at radius 2 is 1.63 bits per heavy atom. The number of hydrogen-bond acceptors (Lipinski definition) is 9. The summed E-state index contributed by atoms with van der Waals surface area (Å²) in [6.07, 6.45) is 1.07. The lowest BCUT2D eigenvalue weighted by atomic mass is 10.2. The van der Waals surface area contributed by atoms with Gasteiger partial charge in [-0.3, -0.25) is 4.79 Å². The van der Waals surface area contributed by atoms with E-state index in [9.17, 15) is 21.6 Å². The Bertz CT molecular complexity index is 1670. The summed E-state index contributed by atoms with van der Waals surface area (Å²) >= 11 is 1.15. The highest BCUT2D eigenvalue weighted by Crippen LogP contribution is 2.22. The van der Waals surface area contributed by atoms with Crippen molar-refractivity contribution in [3.05, 3.63) is 52.8 Å². The van der Waals surface area contributed by atoms with Crippen LogP contribution < -0.4 is 4.80 Å². The smallest absolute Gasteiger partial charge is 0.279 e. The summed E-state index contributed by atoms with van der Waals surface area (Å²) in [7, 11) is -5.86. The third-order valence-electron chi connectivity index (χ3n) is 5.48. The van der Waals surface area contributed by atoms with E-state index in [4.69, 9.17) is 15.3 Å². The molecule has 0 aliphatic heterocycles. The molecule has 0 spiro atoms. The van der Waals surface area contributed by atoms with E-state index in [0.717, 1.165) is 21.9 Å². The lowest BCUT2D eigenvalue weighted by Crippen LogP contribution is -2.32. The van der Waals surface area contributed by atoms with Crippen molar-refractivity contribution < 1.29 is 26.4 Å². The zero-order valence-corrected chi connectivity index (χ0v) is 23.1. The van der Waals surface area contributed by atoms with Gasteiger partial charge in [0.15, 0.2) is 14.6 Å². The van der Waals surface area contributed by atoms with Gasteiger partial charge in [-0.2, -0.15) is 19.8 Å². The average molecular weight is 576 g/mol. The van der Waals surface area contributed by atoms with E-state index in [2.05, 4.69) is 4.99 Å². The summed E-state index contributed by atoms with van der Waals surface area (Å²) in [5.41, 5.74) is 0.847. The van der Waals surface area contributed by atoms with Crippen LogP contribution in [0.5, 0.6) is 0 Å². The quantitative estimate of drug-likeness (QED) is 0.336. The summed E-state index contributed by atoms with van der Waals surface area (Å²) in [5.74, 6) is -0.610. The molecule has 2 aromatic carbocycles. The second-order valence-corrected chi connectivity index (χ2v) is 13.1. The highest BCUT2D eigenvalue weighted by Gasteiger charge is 2.24. The number of ether oxygens (including phenoxy) is 1. The number of hydrogen-bond donors (Lipinski definition) is 0. The molecule has 0 N–H and O–H groups in total. The second-order valence-electron chi connectivity index (χ2n) is 8.09. The summed E-state index contributed by atoms with van der Waals surface area (Å²) in [5, 5.41) is 17.7. The minimum atomic E-state index is -3.97. The van der Waals surface area contributed by atoms with Gasteiger partial charge in [0, 0.05) is 51.4 Å². The first-order chi connectivity index (χ1) is 18.0. The summed E-state index contributed by atoms with van der Waals surface area (Å²) < 4.78 is 58.6. The molecule has 3 rings (SSSR count). The normalized spacial score (nSPS) is 12.5. The molecule has 0 saturated carbocycles. The van der Waals surface area contributed by atoms with Crippen LogP contribution in [0.3, 0.4) is 0 Å². The molecule has 14 heteroatoms. The van der Waals surface area contributed by atoms with Crippen LogP contribution in [0.1, 0.15) is 23.2 Å². The van der Waals surface area contributed by atoms with Gasteiger partial charge in [-0.15, -0.1) is 0 Å². The number of carbonyl (C=O) groups is 1. The third-order valence-corrected chi connectivity index (χ3v) is 9.55. The van der Waals surface area contributed by atoms with E-state index in [0.29, 0.717) is 28.2 Å². The number of aromatic nitrogens is 1. The number of carbonyl (C=O) groups excluding carboxylic acids is 1. The van der Waals surface area contributed by atoms with Crippen LogP contribution in [0.25, 0.3) is 10.2 Å². The molecule has 0 aliphatic rings. The molecule has 200 valence electrons. The van der Waals surface area contributed by atoms with Crippen molar-refractivity contribution >= 4 is 47.3 Å². The maximum Gasteiger partial charge on any atom is 0.279 e. The summed E-state index contributed by atoms with van der Waals surface area (Å²) in [6.45, 7) is 0.608. The molecule has 11 nitrogen and oxygen atoms in total. The Balaban J connectivity index is 1.98. The van der Waals surface area contributed by atoms with Gasteiger partial charge in [0.25, 0.3) is 5.91 Å². The van der Waals surface area contributed by atoms with E-state index in [1.807, 2.05) is 12.1 Å². The molecular weight excluding hydrogens is 550 g/mol. The molecule has 0 atom stereocenters. The Morgan fingerprint density at radius 1 is 1.03 bits per heavy atom. The molecular formula is C24H25N5O6S3. The van der Waals surface area contributed by atoms with Gasteiger partial charge in [-0.05, 0) is 42.5 Å². The number of fused-ring (bicyclic) bond motifs is 1. The molecule has 0 bridgehead atoms. The van der Waals surface area contributed by atoms with Crippen molar-refractivity contribution in [2.24, 2.45) is 4.99 Å². The number of nitrogens with zero attached hydrogens (tertiary/aromatic N) is 5. The molecule has 0 radical (unpaired) electrons. The maximum atomic E-state index is 13.0. The molecule has 3 aromatic rings. The number of nitriles is 2. The fraction of sp³-hybridized carbons (Fsp3) is 0.333. The Kier molecular flexibility index (Phi) is 9.54. The first-order valence-corrected chi connectivity index (χ1v) is 15.4. The van der Waals surface area contributed by atoms with Gasteiger partial charge in [0.2, 0.25) is 10.0 Å². The average Bonchev–Trinajstić information content (AvgIpc) is 3.22. The van der Waals surface area contributed by atoms with Gasteiger partial charge in [-0.25, -0.2) is 16.8 Å². The lowest BCUT2D eigenvalue weighted by molar-refractivity contribution is 0.0997. The first-order valence-electron chi connectivity index (χ1n) is 11.3. The topological polar surface area (TPSA) is 163 Å². The lowest BCUT2D eigenvalue weighted by Gasteiger charge is -2.20. The second kappa shape index (κ2) is 12.4. The van der Waals surface area contributed by atoms with Gasteiger partial charge in [-0.1, -0.05) is 11.3 Å². The minimum Gasteiger partial charge on any atom is -0.383 e. The van der Waals surface area contributed by atoms with Crippen molar-refractivity contribution in [2.75, 3.05) is 33.1 Å². The zero-order valence-electron chi connectivity index (χ0n) is 20.7. The molecule has 0 unspecified atom stereocenters. The van der Waals surface area contributed by atoms with E-state index in [-0.39, 0.29) is 41.3 Å². The van der Waals surface area contributed by atoms with E-state index < -0.39 is 25.8 Å². The van der Waals surface area contributed by atoms with Gasteiger partial charge >= 0.3 is 0 Å². The fourth-order valence-corrected chi connectivity index (χ4v) is 6.80. The third kappa shape index (κ3) is 6.72. The number of amides is 1. The number of sulfone groups is 1. The Morgan fingerprint density at radius 3 is 2.18 bits per heavy atom. The first kappa shape index (κ1) is 29.2. The van der Waals surface area contributed by atoms with E-state index in [1.165, 1.54) is 43.5 Å². The number of sulfonamides is 1. The van der Waals surface area contributed by atoms with Crippen molar-refractivity contribution in [1.29, 1.82) is 10.5 Å². The molecule has 1 heterocycles. The van der Waals surface area contributed by atoms with Crippen molar-refractivity contribution in [2.45, 2.75) is 29.2 Å². The molecule has 0 saturated heterocycles. The molecule has 1 aromatic heterocycles. The van der Waals surface area contributed by atoms with Crippen LogP contribution in [0.2, 0.25) is 0 Å². The molecule has 38 heavy (non-hydrogen) atoms. The molecule has 0 fully saturated rings. The van der Waals surface area contributed by atoms with Crippen LogP contribution in [-0.2, 0) is 31.1 Å². The number of methoxy groups -OCH3 is 1. The predicted octanol–water partition coefficient (Wildman–Crippen LogP) is 2.31. The van der Waals surface area contributed by atoms with Gasteiger partial charge in [0.05, 0.1) is 38.8 Å². The Labute approximate surface area is 224 Å². The number of thiazole rings is 1. The van der Waals surface area contributed by atoms with Crippen LogP contribution in [0, 0.1) is 22.7 Å². The standard InChI is InChI=1S/C24H25N5O6S3/c1-35-16-15-29-21-10-9-20(37(2,31)32)17-22(21)36-24(29)27-23(30)18-5-7-19(8-6-18)38(33,34)28(13-3-11-25)14-4-12-26/h5-10,17H,3-4,13-16H2,1-2H3. The SMILES string of the molecule is COCCn1c(=NC(=O)c2ccc(S(=O)(=O)N(CCC#N)CCC#N)cc2)sc2cc(S(C)(=O)=O)ccc21. The van der Waals surface area contributed by atoms with Crippen molar-refractivity contribution in [3.63, 3.8) is 0 Å². The largest absolute Gasteiger partial charge is 0.383 e. The van der Waals surface area contributed by atoms with Crippen molar-refractivity contribution in [1.82, 2.24) is 8.87 Å². The zero-order chi connectivity index (χ0) is 27.9. The number of benzene rings is 2. The summed E-state index contributed by atoms with van der Waals surface area (Å²) in [6, 6.07) is 13.7. The fourth-order valence-electron chi connectivity index (χ4n) is 3.54. The van der Waals surface area contributed by atoms with Crippen LogP contribution in [0.15, 0.2) is 57.2 Å². The minimum absolute atomic E-state index is 0.0238. The predicted molar refractivity (Wildman–Crippen MR) is 140 cm³/mol. The highest BCUT2D eigenvalue weighted by molar-refractivity contribution is 7.90. The summed E-state index contributed by atoms with van der Waals surface area (Å²) in [4.78, 5) is 17.6. The van der Waals surface area contributed by atoms with Crippen LogP contribution >= 0.6 is 11.3 Å². The van der Waals surface area contributed by atoms with E-state index in [1.54, 1.807) is 10.6 Å². The Hall–Kier alpha value is -3.40. The monoisotopic (exact) mass is 575 g/mol. The maximum absolute atomic E-state index is 13.0. The molecule has 0 aliphatic carbocycles. The highest BCUT2D eigenvalue weighted by atomic mass is 32.2. The van der Waals surface area contributed by atoms with E-state index >= 15 is 0 Å². The van der Waals surface area contributed by atoms with Gasteiger partial charge < -0.3 is 9.30 Å². The molecule has 1 amide bonds. The van der Waals surface area contributed by atoms with Crippen LogP contribution in [-0.4, -0.2) is 64.7 Å². The van der Waals surface area contributed by atoms with Crippen molar-refractivity contribution in [3.8, 4) is 12.1 Å². The van der Waals surface area contributed by atoms with Gasteiger partial charge in [0.1, 0.15) is 0 Å². The van der Waals surface area contributed by atoms with Crippen LogP contribution in [0.4, 0.5) is 0 Å².